The highest BCUT2D eigenvalue weighted by molar-refractivity contribution is 7.92. The lowest BCUT2D eigenvalue weighted by Crippen LogP contribution is -2.28. The Bertz CT molecular complexity index is 1250. The topological polar surface area (TPSA) is 97.4 Å². The number of hydrogen-bond acceptors (Lipinski definition) is 5. The molecule has 32 heavy (non-hydrogen) atoms. The number of benzene rings is 2. The minimum Gasteiger partial charge on any atom is -0.495 e. The fourth-order valence-electron chi connectivity index (χ4n) is 2.97. The molecule has 0 aliphatic carbocycles. The minimum atomic E-state index is -4.12. The van der Waals surface area contributed by atoms with Gasteiger partial charge in [-0.05, 0) is 36.6 Å². The van der Waals surface area contributed by atoms with E-state index in [0.717, 1.165) is 0 Å². The van der Waals surface area contributed by atoms with Crippen molar-refractivity contribution in [1.29, 1.82) is 0 Å². The lowest BCUT2D eigenvalue weighted by molar-refractivity contribution is 0.0950. The first kappa shape index (κ1) is 23.1. The monoisotopic (exact) mass is 461 g/mol. The smallest absolute Gasteiger partial charge is 0.262 e. The van der Waals surface area contributed by atoms with Gasteiger partial charge in [-0.25, -0.2) is 17.2 Å². The molecular weight excluding hydrogens is 440 g/mol. The first-order valence-electron chi connectivity index (χ1n) is 9.55. The van der Waals surface area contributed by atoms with E-state index in [-0.39, 0.29) is 40.2 Å². The highest BCUT2D eigenvalue weighted by atomic mass is 32.2. The second kappa shape index (κ2) is 9.73. The molecule has 1 amide bonds. The van der Waals surface area contributed by atoms with Crippen molar-refractivity contribution >= 4 is 21.6 Å². The highest BCUT2D eigenvalue weighted by Gasteiger charge is 2.22. The number of ether oxygens (including phenoxy) is 1. The Morgan fingerprint density at radius 2 is 1.84 bits per heavy atom. The number of nitrogens with one attached hydrogen (secondary N) is 2. The summed E-state index contributed by atoms with van der Waals surface area (Å²) in [4.78, 5) is 16.3. The van der Waals surface area contributed by atoms with Gasteiger partial charge in [0.2, 0.25) is 0 Å². The lowest BCUT2D eigenvalue weighted by Gasteiger charge is -2.13. The molecule has 0 aliphatic heterocycles. The Kier molecular flexibility index (Phi) is 7.04. The molecule has 0 fully saturated rings. The van der Waals surface area contributed by atoms with Crippen LogP contribution in [0, 0.1) is 18.6 Å². The summed E-state index contributed by atoms with van der Waals surface area (Å²) in [6, 6.07) is 10.0. The molecule has 10 heteroatoms. The van der Waals surface area contributed by atoms with Crippen molar-refractivity contribution in [2.45, 2.75) is 18.2 Å². The number of hydrogen-bond donors (Lipinski definition) is 2. The average molecular weight is 461 g/mol. The molecular formula is C22H21F2N3O4S. The third-order valence-electron chi connectivity index (χ3n) is 4.66. The molecule has 1 heterocycles. The first-order valence-corrected chi connectivity index (χ1v) is 11.0. The molecule has 0 atom stereocenters. The molecule has 1 aromatic heterocycles. The van der Waals surface area contributed by atoms with E-state index in [2.05, 4.69) is 15.0 Å². The van der Waals surface area contributed by atoms with Crippen LogP contribution in [-0.2, 0) is 16.4 Å². The largest absolute Gasteiger partial charge is 0.495 e. The Morgan fingerprint density at radius 1 is 1.09 bits per heavy atom. The molecule has 0 saturated carbocycles. The van der Waals surface area contributed by atoms with Crippen LogP contribution in [0.4, 0.5) is 14.5 Å². The predicted octanol–water partition coefficient (Wildman–Crippen LogP) is 3.45. The number of rotatable bonds is 8. The molecule has 168 valence electrons. The molecule has 0 aliphatic rings. The van der Waals surface area contributed by atoms with Gasteiger partial charge in [0.15, 0.2) is 11.6 Å². The number of amides is 1. The number of aromatic nitrogens is 1. The summed E-state index contributed by atoms with van der Waals surface area (Å²) in [6.07, 6.45) is 2.76. The number of pyridine rings is 1. The van der Waals surface area contributed by atoms with E-state index < -0.39 is 27.6 Å². The summed E-state index contributed by atoms with van der Waals surface area (Å²) in [6.45, 7) is 1.44. The van der Waals surface area contributed by atoms with Gasteiger partial charge < -0.3 is 10.1 Å². The second-order valence-corrected chi connectivity index (χ2v) is 8.54. The van der Waals surface area contributed by atoms with Crippen molar-refractivity contribution in [3.8, 4) is 5.75 Å². The van der Waals surface area contributed by atoms with Gasteiger partial charge in [-0.3, -0.25) is 14.5 Å². The first-order chi connectivity index (χ1) is 15.2. The third kappa shape index (κ3) is 5.20. The average Bonchev–Trinajstić information content (AvgIpc) is 2.78. The van der Waals surface area contributed by atoms with Gasteiger partial charge in [0.25, 0.3) is 15.9 Å². The van der Waals surface area contributed by atoms with Crippen molar-refractivity contribution in [3.63, 3.8) is 0 Å². The quantitative estimate of drug-likeness (QED) is 0.536. The van der Waals surface area contributed by atoms with Crippen molar-refractivity contribution in [3.05, 3.63) is 83.2 Å². The summed E-state index contributed by atoms with van der Waals surface area (Å²) in [5.74, 6) is -2.19. The fraction of sp³-hybridized carbons (Fsp3) is 0.182. The molecule has 0 unspecified atom stereocenters. The number of aryl methyl sites for hydroxylation is 1. The number of carbonyl (C=O) groups is 1. The van der Waals surface area contributed by atoms with Crippen molar-refractivity contribution in [2.75, 3.05) is 18.4 Å². The van der Waals surface area contributed by atoms with Gasteiger partial charge in [0.05, 0.1) is 30.8 Å². The van der Waals surface area contributed by atoms with Crippen LogP contribution in [0.2, 0.25) is 0 Å². The van der Waals surface area contributed by atoms with E-state index in [0.29, 0.717) is 5.75 Å². The van der Waals surface area contributed by atoms with E-state index in [4.69, 9.17) is 4.74 Å². The molecule has 3 aromatic rings. The van der Waals surface area contributed by atoms with Gasteiger partial charge in [-0.1, -0.05) is 24.3 Å². The normalized spacial score (nSPS) is 11.1. The van der Waals surface area contributed by atoms with Crippen LogP contribution in [0.25, 0.3) is 0 Å². The summed E-state index contributed by atoms with van der Waals surface area (Å²) < 4.78 is 60.9. The number of sulfonamides is 1. The van der Waals surface area contributed by atoms with Crippen molar-refractivity contribution in [2.24, 2.45) is 0 Å². The highest BCUT2D eigenvalue weighted by Crippen LogP contribution is 2.22. The fourth-order valence-corrected chi connectivity index (χ4v) is 4.21. The number of carbonyl (C=O) groups excluding carboxylic acids is 1. The molecule has 2 aromatic carbocycles. The van der Waals surface area contributed by atoms with Crippen LogP contribution in [0.15, 0.2) is 59.8 Å². The molecule has 2 N–H and O–H groups in total. The van der Waals surface area contributed by atoms with Gasteiger partial charge in [0.1, 0.15) is 10.6 Å². The third-order valence-corrected chi connectivity index (χ3v) is 6.10. The number of anilines is 1. The molecule has 0 bridgehead atoms. The van der Waals surface area contributed by atoms with Gasteiger partial charge in [-0.15, -0.1) is 0 Å². The van der Waals surface area contributed by atoms with E-state index >= 15 is 0 Å². The number of nitrogens with zero attached hydrogens (tertiary/aromatic N) is 1. The van der Waals surface area contributed by atoms with E-state index in [1.807, 2.05) is 0 Å². The van der Waals surface area contributed by atoms with Crippen molar-refractivity contribution < 1.29 is 26.7 Å². The van der Waals surface area contributed by atoms with Crippen LogP contribution in [0.3, 0.4) is 0 Å². The second-order valence-electron chi connectivity index (χ2n) is 6.89. The van der Waals surface area contributed by atoms with Gasteiger partial charge >= 0.3 is 0 Å². The molecule has 3 rings (SSSR count). The van der Waals surface area contributed by atoms with E-state index in [1.165, 1.54) is 68.9 Å². The molecule has 7 nitrogen and oxygen atoms in total. The van der Waals surface area contributed by atoms with Crippen LogP contribution < -0.4 is 14.8 Å². The Morgan fingerprint density at radius 3 is 2.59 bits per heavy atom. The summed E-state index contributed by atoms with van der Waals surface area (Å²) >= 11 is 0. The maximum Gasteiger partial charge on any atom is 0.262 e. The molecule has 0 saturated heterocycles. The molecule has 0 spiro atoms. The van der Waals surface area contributed by atoms with E-state index in [1.54, 1.807) is 0 Å². The summed E-state index contributed by atoms with van der Waals surface area (Å²) in [7, 11) is -2.70. The maximum absolute atomic E-state index is 14.0. The molecule has 0 radical (unpaired) electrons. The van der Waals surface area contributed by atoms with Gasteiger partial charge in [-0.2, -0.15) is 0 Å². The Hall–Kier alpha value is -3.53. The Labute approximate surface area is 184 Å². The lowest BCUT2D eigenvalue weighted by atomic mass is 10.1. The predicted molar refractivity (Wildman–Crippen MR) is 115 cm³/mol. The zero-order valence-corrected chi connectivity index (χ0v) is 18.2. The van der Waals surface area contributed by atoms with Crippen LogP contribution in [0.1, 0.15) is 21.5 Å². The Balaban J connectivity index is 1.75. The standard InChI is InChI=1S/C22H21F2N3O4S/c1-14-7-8-15(21(24)20(14)23)9-10-26-22(28)18-5-3-4-6-19(18)32(29,30)27-16-11-17(31-2)13-25-12-16/h3-8,11-13,27H,9-10H2,1-2H3,(H,26,28). The number of methoxy groups -OCH3 is 1. The van der Waals surface area contributed by atoms with Crippen LogP contribution in [-0.4, -0.2) is 33.0 Å². The minimum absolute atomic E-state index is 0.0140. The summed E-state index contributed by atoms with van der Waals surface area (Å²) in [5.41, 5.74) is 0.373. The maximum atomic E-state index is 14.0. The van der Waals surface area contributed by atoms with Crippen LogP contribution in [0.5, 0.6) is 5.75 Å². The van der Waals surface area contributed by atoms with Gasteiger partial charge in [0, 0.05) is 12.6 Å². The van der Waals surface area contributed by atoms with Crippen LogP contribution >= 0.6 is 0 Å². The summed E-state index contributed by atoms with van der Waals surface area (Å²) in [5, 5.41) is 2.55. The zero-order chi connectivity index (χ0) is 23.3. The zero-order valence-electron chi connectivity index (χ0n) is 17.4. The number of halogens is 2. The van der Waals surface area contributed by atoms with Crippen molar-refractivity contribution in [1.82, 2.24) is 10.3 Å². The SMILES string of the molecule is COc1cncc(NS(=O)(=O)c2ccccc2C(=O)NCCc2ccc(C)c(F)c2F)c1. The van der Waals surface area contributed by atoms with E-state index in [9.17, 15) is 22.0 Å².